The standard InChI is InChI=1S/C38H77N3O5S3/c1-2-3-4-5-6-7-8-9-10-11-12-13-14-15-16-20-37(42)46-36-38(33-43-24-17-27-47-30-21-39,34-44-25-18-28-48-31-22-40)35-45-26-19-29-49-32-23-41/h9-10H,2-8,11-36,39-41H2,1H3/b10-9+. The van der Waals surface area contributed by atoms with Crippen molar-refractivity contribution in [2.24, 2.45) is 22.6 Å². The fourth-order valence-corrected chi connectivity index (χ4v) is 7.19. The Labute approximate surface area is 315 Å². The lowest BCUT2D eigenvalue weighted by atomic mass is 9.92. The molecule has 0 aliphatic carbocycles. The van der Waals surface area contributed by atoms with Crippen molar-refractivity contribution < 1.29 is 23.7 Å². The summed E-state index contributed by atoms with van der Waals surface area (Å²) in [7, 11) is 0. The van der Waals surface area contributed by atoms with Crippen LogP contribution in [0.4, 0.5) is 0 Å². The van der Waals surface area contributed by atoms with Crippen molar-refractivity contribution in [2.75, 3.05) is 100 Å². The second kappa shape index (κ2) is 40.8. The van der Waals surface area contributed by atoms with Gasteiger partial charge in [-0.3, -0.25) is 4.79 Å². The number of hydrogen-bond acceptors (Lipinski definition) is 11. The molecule has 0 fully saturated rings. The lowest BCUT2D eigenvalue weighted by Gasteiger charge is -2.32. The average Bonchev–Trinajstić information content (AvgIpc) is 3.11. The Morgan fingerprint density at radius 2 is 0.939 bits per heavy atom. The normalized spacial score (nSPS) is 12.0. The summed E-state index contributed by atoms with van der Waals surface area (Å²) in [6.07, 6.45) is 24.1. The van der Waals surface area contributed by atoms with Gasteiger partial charge in [0.05, 0.1) is 25.2 Å². The van der Waals surface area contributed by atoms with Crippen LogP contribution in [0.1, 0.15) is 116 Å². The number of carbonyl (C=O) groups excluding carboxylic acids is 1. The van der Waals surface area contributed by atoms with Gasteiger partial charge in [-0.2, -0.15) is 35.3 Å². The Morgan fingerprint density at radius 3 is 1.37 bits per heavy atom. The maximum absolute atomic E-state index is 12.9. The first-order valence-electron chi connectivity index (χ1n) is 19.5. The SMILES string of the molecule is CCCCCCCC/C=C/CCCCCCCC(=O)OCC(COCCCSCCN)(COCCCSCCN)COCCCSCCN. The molecule has 0 amide bonds. The van der Waals surface area contributed by atoms with Crippen LogP contribution in [0.5, 0.6) is 0 Å². The molecule has 0 aliphatic heterocycles. The molecule has 0 spiro atoms. The molecule has 0 saturated carbocycles. The summed E-state index contributed by atoms with van der Waals surface area (Å²) < 4.78 is 24.5. The first kappa shape index (κ1) is 49.0. The molecule has 0 heterocycles. The summed E-state index contributed by atoms with van der Waals surface area (Å²) in [5.74, 6) is 5.80. The van der Waals surface area contributed by atoms with Gasteiger partial charge in [0.25, 0.3) is 0 Å². The number of allylic oxidation sites excluding steroid dienone is 2. The zero-order valence-electron chi connectivity index (χ0n) is 31.5. The van der Waals surface area contributed by atoms with E-state index in [1.54, 1.807) is 0 Å². The van der Waals surface area contributed by atoms with Crippen LogP contribution in [-0.2, 0) is 23.7 Å². The topological polar surface area (TPSA) is 132 Å². The zero-order valence-corrected chi connectivity index (χ0v) is 33.9. The molecule has 0 atom stereocenters. The summed E-state index contributed by atoms with van der Waals surface area (Å²) in [4.78, 5) is 12.9. The van der Waals surface area contributed by atoms with Crippen LogP contribution in [0.15, 0.2) is 12.2 Å². The molecule has 0 aromatic rings. The number of hydrogen-bond donors (Lipinski definition) is 3. The second-order valence-corrected chi connectivity index (χ2v) is 16.6. The van der Waals surface area contributed by atoms with Gasteiger partial charge in [0.2, 0.25) is 0 Å². The van der Waals surface area contributed by atoms with E-state index in [-0.39, 0.29) is 12.6 Å². The van der Waals surface area contributed by atoms with E-state index in [2.05, 4.69) is 19.1 Å². The van der Waals surface area contributed by atoms with Crippen LogP contribution in [0.2, 0.25) is 0 Å². The van der Waals surface area contributed by atoms with Crippen LogP contribution < -0.4 is 17.2 Å². The third kappa shape index (κ3) is 36.2. The summed E-state index contributed by atoms with van der Waals surface area (Å²) in [5.41, 5.74) is 16.3. The first-order valence-corrected chi connectivity index (χ1v) is 23.0. The number of thioether (sulfide) groups is 3. The monoisotopic (exact) mass is 752 g/mol. The molecule has 0 bridgehead atoms. The van der Waals surface area contributed by atoms with Gasteiger partial charge in [-0.05, 0) is 68.6 Å². The molecule has 8 nitrogen and oxygen atoms in total. The Balaban J connectivity index is 4.70. The van der Waals surface area contributed by atoms with E-state index in [9.17, 15) is 4.79 Å². The average molecular weight is 752 g/mol. The van der Waals surface area contributed by atoms with Crippen molar-refractivity contribution in [3.05, 3.63) is 12.2 Å². The van der Waals surface area contributed by atoms with Crippen LogP contribution in [-0.4, -0.2) is 106 Å². The number of esters is 1. The highest BCUT2D eigenvalue weighted by molar-refractivity contribution is 7.99. The quantitative estimate of drug-likeness (QED) is 0.0321. The maximum atomic E-state index is 12.9. The summed E-state index contributed by atoms with van der Waals surface area (Å²) in [5, 5.41) is 0. The highest BCUT2D eigenvalue weighted by Crippen LogP contribution is 2.23. The Kier molecular flexibility index (Phi) is 40.8. The molecule has 6 N–H and O–H groups in total. The van der Waals surface area contributed by atoms with Crippen molar-refractivity contribution in [2.45, 2.75) is 116 Å². The molecule has 0 aromatic carbocycles. The number of ether oxygens (including phenoxy) is 4. The molecule has 0 aromatic heterocycles. The molecule has 0 aliphatic rings. The number of carbonyl (C=O) groups is 1. The second-order valence-electron chi connectivity index (χ2n) is 12.9. The van der Waals surface area contributed by atoms with Crippen molar-refractivity contribution in [1.82, 2.24) is 0 Å². The highest BCUT2D eigenvalue weighted by atomic mass is 32.2. The van der Waals surface area contributed by atoms with Gasteiger partial charge in [-0.15, -0.1) is 0 Å². The molecule has 11 heteroatoms. The molecule has 0 unspecified atom stereocenters. The van der Waals surface area contributed by atoms with Gasteiger partial charge in [-0.25, -0.2) is 0 Å². The Hall–Kier alpha value is 0.0200. The molecular weight excluding hydrogens is 675 g/mol. The van der Waals surface area contributed by atoms with E-state index in [1.807, 2.05) is 35.3 Å². The Bertz CT molecular complexity index is 664. The van der Waals surface area contributed by atoms with E-state index in [1.165, 1.54) is 57.8 Å². The molecule has 49 heavy (non-hydrogen) atoms. The van der Waals surface area contributed by atoms with E-state index >= 15 is 0 Å². The van der Waals surface area contributed by atoms with Crippen molar-refractivity contribution in [3.8, 4) is 0 Å². The minimum Gasteiger partial charge on any atom is -0.465 e. The van der Waals surface area contributed by atoms with Crippen molar-refractivity contribution in [1.29, 1.82) is 0 Å². The molecular formula is C38H77N3O5S3. The van der Waals surface area contributed by atoms with E-state index in [0.29, 0.717) is 65.7 Å². The van der Waals surface area contributed by atoms with Crippen LogP contribution in [0.3, 0.4) is 0 Å². The van der Waals surface area contributed by atoms with E-state index in [0.717, 1.165) is 79.5 Å². The minimum absolute atomic E-state index is 0.142. The van der Waals surface area contributed by atoms with Crippen molar-refractivity contribution >= 4 is 41.3 Å². The maximum Gasteiger partial charge on any atom is 0.305 e. The van der Waals surface area contributed by atoms with Gasteiger partial charge in [0, 0.05) is 63.1 Å². The molecule has 0 rings (SSSR count). The summed E-state index contributed by atoms with van der Waals surface area (Å²) >= 11 is 5.55. The van der Waals surface area contributed by atoms with Gasteiger partial charge in [0.15, 0.2) is 0 Å². The Morgan fingerprint density at radius 1 is 0.531 bits per heavy atom. The number of unbranched alkanes of at least 4 members (excludes halogenated alkanes) is 11. The van der Waals surface area contributed by atoms with Gasteiger partial charge >= 0.3 is 5.97 Å². The van der Waals surface area contributed by atoms with Crippen LogP contribution >= 0.6 is 35.3 Å². The molecule has 0 saturated heterocycles. The predicted octanol–water partition coefficient (Wildman–Crippen LogP) is 7.85. The molecule has 0 radical (unpaired) electrons. The number of rotatable bonds is 41. The third-order valence-electron chi connectivity index (χ3n) is 7.93. The fraction of sp³-hybridized carbons (Fsp3) is 0.921. The zero-order chi connectivity index (χ0) is 35.8. The summed E-state index contributed by atoms with van der Waals surface area (Å²) in [6.45, 7) is 7.82. The number of nitrogens with two attached hydrogens (primary N) is 3. The van der Waals surface area contributed by atoms with E-state index in [4.69, 9.17) is 36.1 Å². The fourth-order valence-electron chi connectivity index (χ4n) is 5.11. The third-order valence-corrected chi connectivity index (χ3v) is 11.2. The highest BCUT2D eigenvalue weighted by Gasteiger charge is 2.34. The van der Waals surface area contributed by atoms with Gasteiger partial charge in [0.1, 0.15) is 6.61 Å². The predicted molar refractivity (Wildman–Crippen MR) is 218 cm³/mol. The summed E-state index contributed by atoms with van der Waals surface area (Å²) in [6, 6.07) is 0. The van der Waals surface area contributed by atoms with Crippen LogP contribution in [0, 0.1) is 5.41 Å². The first-order chi connectivity index (χ1) is 24.1. The van der Waals surface area contributed by atoms with Crippen LogP contribution in [0.25, 0.3) is 0 Å². The molecule has 292 valence electrons. The van der Waals surface area contributed by atoms with Crippen molar-refractivity contribution in [3.63, 3.8) is 0 Å². The lowest BCUT2D eigenvalue weighted by Crippen LogP contribution is -2.42. The van der Waals surface area contributed by atoms with Gasteiger partial charge < -0.3 is 36.1 Å². The minimum atomic E-state index is -0.544. The van der Waals surface area contributed by atoms with E-state index < -0.39 is 5.41 Å². The lowest BCUT2D eigenvalue weighted by molar-refractivity contribution is -0.156. The largest absolute Gasteiger partial charge is 0.465 e. The van der Waals surface area contributed by atoms with Gasteiger partial charge in [-0.1, -0.05) is 70.4 Å². The smallest absolute Gasteiger partial charge is 0.305 e.